The zero-order valence-electron chi connectivity index (χ0n) is 23.2. The minimum absolute atomic E-state index is 0.0156. The van der Waals surface area contributed by atoms with Crippen LogP contribution in [-0.4, -0.2) is 75.9 Å². The van der Waals surface area contributed by atoms with E-state index in [0.29, 0.717) is 49.7 Å². The highest BCUT2D eigenvalue weighted by Gasteiger charge is 2.42. The van der Waals surface area contributed by atoms with Gasteiger partial charge in [-0.1, -0.05) is 26.0 Å². The zero-order valence-corrected chi connectivity index (χ0v) is 24.0. The molecule has 1 amide bonds. The van der Waals surface area contributed by atoms with Crippen molar-refractivity contribution in [2.45, 2.75) is 71.1 Å². The number of piperazine rings is 1. The Bertz CT molecular complexity index is 1360. The highest BCUT2D eigenvalue weighted by molar-refractivity contribution is 7.13. The van der Waals surface area contributed by atoms with Crippen LogP contribution in [0.2, 0.25) is 0 Å². The summed E-state index contributed by atoms with van der Waals surface area (Å²) in [6.45, 7) is 13.3. The van der Waals surface area contributed by atoms with E-state index >= 15 is 0 Å². The minimum Gasteiger partial charge on any atom is -0.481 e. The second-order valence-electron chi connectivity index (χ2n) is 12.0. The fourth-order valence-electron chi connectivity index (χ4n) is 5.85. The molecule has 0 bridgehead atoms. The summed E-state index contributed by atoms with van der Waals surface area (Å²) in [5.74, 6) is -1.13. The average molecular weight is 554 g/mol. The number of carboxylic acids is 1. The Hall–Kier alpha value is -3.11. The van der Waals surface area contributed by atoms with Gasteiger partial charge in [-0.3, -0.25) is 19.5 Å². The van der Waals surface area contributed by atoms with E-state index in [-0.39, 0.29) is 29.7 Å². The van der Waals surface area contributed by atoms with Crippen LogP contribution in [0.15, 0.2) is 34.8 Å². The maximum absolute atomic E-state index is 14.3. The molecular weight excluding hydrogens is 517 g/mol. The van der Waals surface area contributed by atoms with E-state index in [1.165, 1.54) is 11.3 Å². The fraction of sp³-hybridized carbons (Fsp3) is 0.517. The number of aliphatic carboxylic acids is 1. The van der Waals surface area contributed by atoms with E-state index in [4.69, 9.17) is 10.1 Å². The quantitative estimate of drug-likeness (QED) is 0.581. The molecule has 4 heterocycles. The molecule has 0 saturated carbocycles. The first kappa shape index (κ1) is 27.5. The number of carbonyl (C=O) groups is 2. The lowest BCUT2D eigenvalue weighted by Gasteiger charge is -2.48. The second kappa shape index (κ2) is 10.1. The number of aromatic nitrogens is 1. The molecule has 3 aliphatic heterocycles. The first-order chi connectivity index (χ1) is 18.3. The molecule has 1 fully saturated rings. The van der Waals surface area contributed by atoms with Gasteiger partial charge in [0.25, 0.3) is 5.91 Å². The second-order valence-corrected chi connectivity index (χ2v) is 13.1. The SMILES string of the molecule is Cc1ccc(N2Cc3sc(C(=O)N4CCN(C5CC=C(CC(=O)O)C=N5)CC4(C)C)nc3C(C)(C)C2)cc1F. The van der Waals surface area contributed by atoms with Crippen LogP contribution in [0.4, 0.5) is 10.1 Å². The number of carboxylic acid groups (broad SMARTS) is 1. The van der Waals surface area contributed by atoms with Crippen LogP contribution in [0.5, 0.6) is 0 Å². The molecule has 1 aromatic carbocycles. The third-order valence-electron chi connectivity index (χ3n) is 7.92. The standard InChI is InChI=1S/C29H36FN5O3S/c1-18-6-8-20(13-21(18)30)34-15-22-25(28(2,3)16-34)32-26(39-22)27(38)35-11-10-33(17-29(35,4)5)23-9-7-19(14-31-23)12-24(36)37/h6-8,13-14,23H,9-12,15-17H2,1-5H3,(H,36,37). The molecule has 1 aromatic heterocycles. The molecule has 1 atom stereocenters. The Morgan fingerprint density at radius 3 is 2.59 bits per heavy atom. The van der Waals surface area contributed by atoms with E-state index < -0.39 is 11.5 Å². The third kappa shape index (κ3) is 5.49. The molecule has 39 heavy (non-hydrogen) atoms. The smallest absolute Gasteiger partial charge is 0.307 e. The minimum atomic E-state index is -0.858. The maximum atomic E-state index is 14.3. The molecule has 0 aliphatic carbocycles. The van der Waals surface area contributed by atoms with E-state index in [1.54, 1.807) is 25.3 Å². The van der Waals surface area contributed by atoms with Gasteiger partial charge < -0.3 is 14.9 Å². The van der Waals surface area contributed by atoms with Crippen molar-refractivity contribution in [1.29, 1.82) is 0 Å². The van der Waals surface area contributed by atoms with Gasteiger partial charge in [-0.25, -0.2) is 9.37 Å². The van der Waals surface area contributed by atoms with Crippen LogP contribution < -0.4 is 4.90 Å². The molecule has 5 rings (SSSR count). The average Bonchev–Trinajstić information content (AvgIpc) is 3.30. The number of hydrogen-bond donors (Lipinski definition) is 1. The number of aliphatic imine (C=N–C) groups is 1. The van der Waals surface area contributed by atoms with Gasteiger partial charge in [0.2, 0.25) is 0 Å². The lowest BCUT2D eigenvalue weighted by molar-refractivity contribution is -0.136. The van der Waals surface area contributed by atoms with Gasteiger partial charge >= 0.3 is 5.97 Å². The summed E-state index contributed by atoms with van der Waals surface area (Å²) < 4.78 is 14.3. The van der Waals surface area contributed by atoms with Gasteiger partial charge in [-0.05, 0) is 44.0 Å². The number of rotatable bonds is 5. The molecule has 1 unspecified atom stereocenters. The predicted octanol–water partition coefficient (Wildman–Crippen LogP) is 4.63. The van der Waals surface area contributed by atoms with Crippen molar-refractivity contribution in [2.75, 3.05) is 31.1 Å². The van der Waals surface area contributed by atoms with Gasteiger partial charge in [0.15, 0.2) is 5.01 Å². The van der Waals surface area contributed by atoms with E-state index in [1.807, 2.05) is 17.0 Å². The summed E-state index contributed by atoms with van der Waals surface area (Å²) in [5, 5.41) is 9.52. The Kier molecular flexibility index (Phi) is 7.13. The normalized spacial score (nSPS) is 22.4. The summed E-state index contributed by atoms with van der Waals surface area (Å²) >= 11 is 1.45. The van der Waals surface area contributed by atoms with Gasteiger partial charge in [0.05, 0.1) is 24.2 Å². The molecule has 1 N–H and O–H groups in total. The summed E-state index contributed by atoms with van der Waals surface area (Å²) in [6, 6.07) is 5.35. The molecule has 10 heteroatoms. The lowest BCUT2D eigenvalue weighted by atomic mass is 9.85. The Morgan fingerprint density at radius 1 is 1.18 bits per heavy atom. The van der Waals surface area contributed by atoms with E-state index in [9.17, 15) is 14.0 Å². The molecule has 3 aliphatic rings. The number of halogens is 1. The number of hydrogen-bond acceptors (Lipinski definition) is 7. The number of thiazole rings is 1. The largest absolute Gasteiger partial charge is 0.481 e. The highest BCUT2D eigenvalue weighted by Crippen LogP contribution is 2.39. The molecule has 8 nitrogen and oxygen atoms in total. The number of carbonyl (C=O) groups excluding carboxylic acids is 1. The van der Waals surface area contributed by atoms with Crippen molar-refractivity contribution in [1.82, 2.24) is 14.8 Å². The van der Waals surface area contributed by atoms with Crippen molar-refractivity contribution in [3.05, 3.63) is 56.8 Å². The van der Waals surface area contributed by atoms with Crippen LogP contribution in [0.1, 0.15) is 66.5 Å². The molecular formula is C29H36FN5O3S. The fourth-order valence-corrected chi connectivity index (χ4v) is 7.06. The Labute approximate surface area is 232 Å². The monoisotopic (exact) mass is 553 g/mol. The van der Waals surface area contributed by atoms with Crippen LogP contribution in [-0.2, 0) is 16.8 Å². The topological polar surface area (TPSA) is 89.3 Å². The Morgan fingerprint density at radius 2 is 1.95 bits per heavy atom. The van der Waals surface area contributed by atoms with Gasteiger partial charge in [-0.2, -0.15) is 0 Å². The Balaban J connectivity index is 1.30. The first-order valence-corrected chi connectivity index (χ1v) is 14.2. The summed E-state index contributed by atoms with van der Waals surface area (Å²) in [5.41, 5.74) is 2.43. The number of benzene rings is 1. The molecule has 208 valence electrons. The molecule has 1 saturated heterocycles. The van der Waals surface area contributed by atoms with Crippen molar-refractivity contribution in [3.63, 3.8) is 0 Å². The van der Waals surface area contributed by atoms with Crippen molar-refractivity contribution >= 4 is 35.1 Å². The predicted molar refractivity (Wildman–Crippen MR) is 151 cm³/mol. The van der Waals surface area contributed by atoms with Gasteiger partial charge in [-0.15, -0.1) is 11.3 Å². The van der Waals surface area contributed by atoms with Crippen LogP contribution in [0.25, 0.3) is 0 Å². The van der Waals surface area contributed by atoms with Crippen molar-refractivity contribution in [2.24, 2.45) is 4.99 Å². The zero-order chi connectivity index (χ0) is 28.1. The van der Waals surface area contributed by atoms with Crippen LogP contribution in [0.3, 0.4) is 0 Å². The first-order valence-electron chi connectivity index (χ1n) is 13.4. The number of anilines is 1. The number of nitrogens with zero attached hydrogens (tertiary/aromatic N) is 5. The van der Waals surface area contributed by atoms with Crippen molar-refractivity contribution < 1.29 is 19.1 Å². The lowest BCUT2D eigenvalue weighted by Crippen LogP contribution is -2.62. The number of dihydropyridines is 1. The van der Waals surface area contributed by atoms with Crippen molar-refractivity contribution in [3.8, 4) is 0 Å². The van der Waals surface area contributed by atoms with Crippen LogP contribution in [0, 0.1) is 12.7 Å². The summed E-state index contributed by atoms with van der Waals surface area (Å²) in [4.78, 5) is 41.7. The summed E-state index contributed by atoms with van der Waals surface area (Å²) in [7, 11) is 0. The van der Waals surface area contributed by atoms with Gasteiger partial charge in [0.1, 0.15) is 12.0 Å². The molecule has 2 aromatic rings. The summed E-state index contributed by atoms with van der Waals surface area (Å²) in [6.07, 6.45) is 4.22. The molecule has 0 spiro atoms. The third-order valence-corrected chi connectivity index (χ3v) is 8.95. The number of aryl methyl sites for hydroxylation is 1. The number of fused-ring (bicyclic) bond motifs is 1. The van der Waals surface area contributed by atoms with Crippen LogP contribution >= 0.6 is 11.3 Å². The molecule has 0 radical (unpaired) electrons. The van der Waals surface area contributed by atoms with E-state index in [0.717, 1.165) is 21.8 Å². The van der Waals surface area contributed by atoms with E-state index in [2.05, 4.69) is 42.5 Å². The number of amides is 1. The van der Waals surface area contributed by atoms with Gasteiger partial charge in [0, 0.05) is 54.8 Å². The highest BCUT2D eigenvalue weighted by atomic mass is 32.1. The maximum Gasteiger partial charge on any atom is 0.307 e.